The van der Waals surface area contributed by atoms with Crippen LogP contribution in [-0.4, -0.2) is 58.6 Å². The molecule has 0 aromatic carbocycles. The molecule has 0 unspecified atom stereocenters. The van der Waals surface area contributed by atoms with Crippen molar-refractivity contribution >= 4 is 9.84 Å². The minimum Gasteiger partial charge on any atom is -0.316 e. The van der Waals surface area contributed by atoms with E-state index in [1.165, 1.54) is 6.26 Å². The third-order valence-electron chi connectivity index (χ3n) is 2.28. The zero-order valence-corrected chi connectivity index (χ0v) is 9.10. The number of sulfone groups is 1. The SMILES string of the molecule is CN(CCS(C)(=O)=O)CC1CNC1. The number of nitrogens with one attached hydrogen (secondary N) is 1. The van der Waals surface area contributed by atoms with Crippen molar-refractivity contribution < 1.29 is 8.42 Å². The number of hydrogen-bond acceptors (Lipinski definition) is 4. The molecule has 1 fully saturated rings. The van der Waals surface area contributed by atoms with Crippen molar-refractivity contribution in [2.45, 2.75) is 0 Å². The average molecular weight is 206 g/mol. The average Bonchev–Trinajstić information content (AvgIpc) is 1.91. The van der Waals surface area contributed by atoms with Crippen LogP contribution < -0.4 is 5.32 Å². The van der Waals surface area contributed by atoms with Crippen molar-refractivity contribution in [1.82, 2.24) is 10.2 Å². The van der Waals surface area contributed by atoms with E-state index in [2.05, 4.69) is 10.2 Å². The van der Waals surface area contributed by atoms with Gasteiger partial charge in [-0.25, -0.2) is 8.42 Å². The van der Waals surface area contributed by atoms with Gasteiger partial charge in [0.25, 0.3) is 0 Å². The second-order valence-electron chi connectivity index (χ2n) is 3.92. The summed E-state index contributed by atoms with van der Waals surface area (Å²) in [7, 11) is -0.825. The zero-order chi connectivity index (χ0) is 9.90. The molecule has 1 aliphatic heterocycles. The van der Waals surface area contributed by atoms with Crippen LogP contribution in [0.15, 0.2) is 0 Å². The molecule has 0 bridgehead atoms. The maximum Gasteiger partial charge on any atom is 0.148 e. The Balaban J connectivity index is 2.13. The van der Waals surface area contributed by atoms with Crippen LogP contribution in [-0.2, 0) is 9.84 Å². The maximum absolute atomic E-state index is 10.9. The van der Waals surface area contributed by atoms with Gasteiger partial charge in [0.15, 0.2) is 0 Å². The molecule has 0 amide bonds. The lowest BCUT2D eigenvalue weighted by atomic mass is 10.0. The van der Waals surface area contributed by atoms with Crippen LogP contribution in [0.25, 0.3) is 0 Å². The fraction of sp³-hybridized carbons (Fsp3) is 1.00. The molecule has 0 radical (unpaired) electrons. The van der Waals surface area contributed by atoms with E-state index < -0.39 is 9.84 Å². The zero-order valence-electron chi connectivity index (χ0n) is 8.28. The van der Waals surface area contributed by atoms with Crippen molar-refractivity contribution in [3.8, 4) is 0 Å². The van der Waals surface area contributed by atoms with Crippen molar-refractivity contribution in [3.63, 3.8) is 0 Å². The van der Waals surface area contributed by atoms with Gasteiger partial charge < -0.3 is 10.2 Å². The number of rotatable bonds is 5. The smallest absolute Gasteiger partial charge is 0.148 e. The summed E-state index contributed by atoms with van der Waals surface area (Å²) in [6, 6.07) is 0. The van der Waals surface area contributed by atoms with Crippen LogP contribution in [0.3, 0.4) is 0 Å². The van der Waals surface area contributed by atoms with Crippen molar-refractivity contribution in [1.29, 1.82) is 0 Å². The minimum atomic E-state index is -2.80. The third-order valence-corrected chi connectivity index (χ3v) is 3.20. The summed E-state index contributed by atoms with van der Waals surface area (Å²) in [5.41, 5.74) is 0. The van der Waals surface area contributed by atoms with Crippen LogP contribution in [0, 0.1) is 5.92 Å². The molecular weight excluding hydrogens is 188 g/mol. The van der Waals surface area contributed by atoms with Gasteiger partial charge in [0.1, 0.15) is 9.84 Å². The van der Waals surface area contributed by atoms with E-state index in [0.29, 0.717) is 12.5 Å². The largest absolute Gasteiger partial charge is 0.316 e. The first kappa shape index (κ1) is 10.9. The molecule has 0 aromatic heterocycles. The Morgan fingerprint density at radius 1 is 1.46 bits per heavy atom. The summed E-state index contributed by atoms with van der Waals surface area (Å²) in [5, 5.41) is 3.19. The monoisotopic (exact) mass is 206 g/mol. The first-order valence-corrected chi connectivity index (χ1v) is 6.60. The van der Waals surface area contributed by atoms with Crippen molar-refractivity contribution in [3.05, 3.63) is 0 Å². The highest BCUT2D eigenvalue weighted by molar-refractivity contribution is 7.90. The molecule has 0 atom stereocenters. The quantitative estimate of drug-likeness (QED) is 0.639. The Bertz CT molecular complexity index is 247. The predicted octanol–water partition coefficient (Wildman–Crippen LogP) is -0.818. The molecule has 0 spiro atoms. The summed E-state index contributed by atoms with van der Waals surface area (Å²) >= 11 is 0. The van der Waals surface area contributed by atoms with E-state index in [-0.39, 0.29) is 5.75 Å². The molecule has 1 saturated heterocycles. The lowest BCUT2D eigenvalue weighted by molar-refractivity contribution is 0.232. The minimum absolute atomic E-state index is 0.268. The van der Waals surface area contributed by atoms with Gasteiger partial charge >= 0.3 is 0 Å². The van der Waals surface area contributed by atoms with Gasteiger partial charge in [-0.05, 0) is 13.0 Å². The number of nitrogens with zero attached hydrogens (tertiary/aromatic N) is 1. The van der Waals surface area contributed by atoms with Gasteiger partial charge in [0.2, 0.25) is 0 Å². The molecule has 13 heavy (non-hydrogen) atoms. The van der Waals surface area contributed by atoms with Crippen LogP contribution in [0.1, 0.15) is 0 Å². The summed E-state index contributed by atoms with van der Waals surface area (Å²) in [6.45, 7) is 3.80. The fourth-order valence-electron chi connectivity index (χ4n) is 1.33. The van der Waals surface area contributed by atoms with E-state index in [4.69, 9.17) is 0 Å². The third kappa shape index (κ3) is 4.59. The van der Waals surface area contributed by atoms with E-state index >= 15 is 0 Å². The molecule has 0 aliphatic carbocycles. The summed E-state index contributed by atoms with van der Waals surface area (Å²) in [4.78, 5) is 2.09. The first-order chi connectivity index (χ1) is 5.97. The van der Waals surface area contributed by atoms with E-state index in [1.807, 2.05) is 7.05 Å². The fourth-order valence-corrected chi connectivity index (χ4v) is 1.97. The molecule has 0 saturated carbocycles. The van der Waals surface area contributed by atoms with Gasteiger partial charge in [-0.1, -0.05) is 0 Å². The standard InChI is InChI=1S/C8H18N2O2S/c1-10(3-4-13(2,11)12)7-8-5-9-6-8/h8-9H,3-7H2,1-2H3. The van der Waals surface area contributed by atoms with Crippen LogP contribution in [0.2, 0.25) is 0 Å². The highest BCUT2D eigenvalue weighted by Crippen LogP contribution is 2.04. The van der Waals surface area contributed by atoms with Gasteiger partial charge in [0.05, 0.1) is 5.75 Å². The molecule has 1 N–H and O–H groups in total. The summed E-state index contributed by atoms with van der Waals surface area (Å²) < 4.78 is 21.7. The summed E-state index contributed by atoms with van der Waals surface area (Å²) in [6.07, 6.45) is 1.28. The van der Waals surface area contributed by atoms with Gasteiger partial charge in [-0.15, -0.1) is 0 Å². The Morgan fingerprint density at radius 2 is 2.08 bits per heavy atom. The molecule has 78 valence electrons. The Kier molecular flexibility index (Phi) is 3.70. The Hall–Kier alpha value is -0.130. The topological polar surface area (TPSA) is 49.4 Å². The molecule has 1 heterocycles. The van der Waals surface area contributed by atoms with Gasteiger partial charge in [-0.2, -0.15) is 0 Å². The van der Waals surface area contributed by atoms with Crippen LogP contribution in [0.4, 0.5) is 0 Å². The second-order valence-corrected chi connectivity index (χ2v) is 6.18. The lowest BCUT2D eigenvalue weighted by Crippen LogP contribution is -2.48. The number of hydrogen-bond donors (Lipinski definition) is 1. The molecule has 0 aromatic rings. The van der Waals surface area contributed by atoms with Crippen molar-refractivity contribution in [2.75, 3.05) is 45.2 Å². The van der Waals surface area contributed by atoms with E-state index in [1.54, 1.807) is 0 Å². The molecule has 4 nitrogen and oxygen atoms in total. The molecule has 5 heteroatoms. The molecule has 1 aliphatic rings. The van der Waals surface area contributed by atoms with Gasteiger partial charge in [0, 0.05) is 32.4 Å². The van der Waals surface area contributed by atoms with Crippen LogP contribution >= 0.6 is 0 Å². The molecule has 1 rings (SSSR count). The first-order valence-electron chi connectivity index (χ1n) is 4.54. The highest BCUT2D eigenvalue weighted by atomic mass is 32.2. The van der Waals surface area contributed by atoms with Crippen molar-refractivity contribution in [2.24, 2.45) is 5.92 Å². The Labute approximate surface area is 80.2 Å². The lowest BCUT2D eigenvalue weighted by Gasteiger charge is -2.31. The van der Waals surface area contributed by atoms with E-state index in [0.717, 1.165) is 19.6 Å². The Morgan fingerprint density at radius 3 is 2.46 bits per heavy atom. The summed E-state index contributed by atoms with van der Waals surface area (Å²) in [5.74, 6) is 0.980. The molecular formula is C8H18N2O2S. The second kappa shape index (κ2) is 4.39. The van der Waals surface area contributed by atoms with E-state index in [9.17, 15) is 8.42 Å². The normalized spacial score (nSPS) is 19.0. The van der Waals surface area contributed by atoms with Crippen LogP contribution in [0.5, 0.6) is 0 Å². The maximum atomic E-state index is 10.9. The predicted molar refractivity (Wildman–Crippen MR) is 53.6 cm³/mol. The highest BCUT2D eigenvalue weighted by Gasteiger charge is 2.18. The van der Waals surface area contributed by atoms with Gasteiger partial charge in [-0.3, -0.25) is 0 Å².